The van der Waals surface area contributed by atoms with Crippen molar-refractivity contribution in [1.29, 1.82) is 0 Å². The van der Waals surface area contributed by atoms with E-state index in [0.29, 0.717) is 6.61 Å². The van der Waals surface area contributed by atoms with Crippen molar-refractivity contribution < 1.29 is 20.1 Å². The summed E-state index contributed by atoms with van der Waals surface area (Å²) in [7, 11) is 0. The molecule has 0 fully saturated rings. The first kappa shape index (κ1) is 28.6. The summed E-state index contributed by atoms with van der Waals surface area (Å²) in [5, 5.41) is 27.5. The summed E-state index contributed by atoms with van der Waals surface area (Å²) in [6.45, 7) is 11.7. The molecule has 0 heterocycles. The predicted molar refractivity (Wildman–Crippen MR) is 123 cm³/mol. The Morgan fingerprint density at radius 1 is 0.828 bits per heavy atom. The average molecular weight is 415 g/mol. The Morgan fingerprint density at radius 2 is 1.38 bits per heavy atom. The van der Waals surface area contributed by atoms with Gasteiger partial charge < -0.3 is 20.1 Å². The van der Waals surface area contributed by atoms with Gasteiger partial charge in [-0.1, -0.05) is 84.3 Å². The molecule has 3 N–H and O–H groups in total. The summed E-state index contributed by atoms with van der Waals surface area (Å²) in [6, 6.07) is 0. The van der Waals surface area contributed by atoms with Crippen LogP contribution in [0.2, 0.25) is 0 Å². The highest BCUT2D eigenvalue weighted by molar-refractivity contribution is 4.97. The van der Waals surface area contributed by atoms with Crippen LogP contribution in [0.1, 0.15) is 98.8 Å². The Balaban J connectivity index is 3.66. The standard InChI is InChI=1S/C25H50O4/c1-20(2)10-6-11-21(3)12-7-13-22(4)14-8-15-23(5)16-9-17-29-19-25(28)24(27)18-26/h16,20-22,24-28H,6-15,17-19H2,1-5H3/t21?,22?,24-,25+/m1/s1. The van der Waals surface area contributed by atoms with Crippen LogP contribution in [0, 0.1) is 17.8 Å². The Hall–Kier alpha value is -0.420. The van der Waals surface area contributed by atoms with Crippen LogP contribution in [-0.4, -0.2) is 47.3 Å². The van der Waals surface area contributed by atoms with Crippen LogP contribution in [0.3, 0.4) is 0 Å². The fourth-order valence-corrected chi connectivity index (χ4v) is 3.63. The summed E-state index contributed by atoms with van der Waals surface area (Å²) in [5.41, 5.74) is 1.40. The van der Waals surface area contributed by atoms with Crippen LogP contribution in [0.5, 0.6) is 0 Å². The van der Waals surface area contributed by atoms with Gasteiger partial charge in [-0.3, -0.25) is 0 Å². The fourth-order valence-electron chi connectivity index (χ4n) is 3.63. The Bertz CT molecular complexity index is 394. The fraction of sp³-hybridized carbons (Fsp3) is 0.920. The lowest BCUT2D eigenvalue weighted by Gasteiger charge is -2.15. The van der Waals surface area contributed by atoms with E-state index in [4.69, 9.17) is 9.84 Å². The first-order valence-electron chi connectivity index (χ1n) is 12.0. The van der Waals surface area contributed by atoms with E-state index in [-0.39, 0.29) is 6.61 Å². The number of aliphatic hydroxyl groups is 3. The molecule has 0 aliphatic heterocycles. The van der Waals surface area contributed by atoms with E-state index in [9.17, 15) is 10.2 Å². The third kappa shape index (κ3) is 18.1. The quantitative estimate of drug-likeness (QED) is 0.193. The summed E-state index contributed by atoms with van der Waals surface area (Å²) in [5.74, 6) is 2.53. The number of allylic oxidation sites excluding steroid dienone is 1. The SMILES string of the molecule is CC(=CCCOC[C@H](O)[C@H](O)CO)CCCC(C)CCCC(C)CCCC(C)C. The van der Waals surface area contributed by atoms with Crippen molar-refractivity contribution in [2.45, 2.75) is 111 Å². The molecular weight excluding hydrogens is 364 g/mol. The molecule has 29 heavy (non-hydrogen) atoms. The van der Waals surface area contributed by atoms with Crippen LogP contribution in [0.4, 0.5) is 0 Å². The molecular formula is C25H50O4. The second-order valence-corrected chi connectivity index (χ2v) is 9.59. The van der Waals surface area contributed by atoms with Gasteiger partial charge in [0.25, 0.3) is 0 Å². The van der Waals surface area contributed by atoms with Crippen molar-refractivity contribution in [1.82, 2.24) is 0 Å². The zero-order chi connectivity index (χ0) is 22.1. The second-order valence-electron chi connectivity index (χ2n) is 9.59. The van der Waals surface area contributed by atoms with E-state index < -0.39 is 18.8 Å². The number of hydrogen-bond donors (Lipinski definition) is 3. The van der Waals surface area contributed by atoms with Gasteiger partial charge in [-0.2, -0.15) is 0 Å². The maximum absolute atomic E-state index is 9.49. The highest BCUT2D eigenvalue weighted by Crippen LogP contribution is 2.22. The molecule has 0 radical (unpaired) electrons. The lowest BCUT2D eigenvalue weighted by Crippen LogP contribution is -2.33. The van der Waals surface area contributed by atoms with Gasteiger partial charge in [-0.15, -0.1) is 0 Å². The number of rotatable bonds is 19. The largest absolute Gasteiger partial charge is 0.394 e. The van der Waals surface area contributed by atoms with Crippen LogP contribution in [0.15, 0.2) is 11.6 Å². The Morgan fingerprint density at radius 3 is 1.93 bits per heavy atom. The molecule has 0 aromatic carbocycles. The lowest BCUT2D eigenvalue weighted by atomic mass is 9.91. The van der Waals surface area contributed by atoms with Crippen LogP contribution >= 0.6 is 0 Å². The number of aliphatic hydroxyl groups excluding tert-OH is 3. The van der Waals surface area contributed by atoms with Crippen molar-refractivity contribution in [2.75, 3.05) is 19.8 Å². The van der Waals surface area contributed by atoms with Crippen LogP contribution < -0.4 is 0 Å². The average Bonchev–Trinajstić information content (AvgIpc) is 2.66. The third-order valence-electron chi connectivity index (χ3n) is 5.82. The molecule has 4 nitrogen and oxygen atoms in total. The lowest BCUT2D eigenvalue weighted by molar-refractivity contribution is -0.0560. The van der Waals surface area contributed by atoms with E-state index in [2.05, 4.69) is 40.7 Å². The smallest absolute Gasteiger partial charge is 0.105 e. The molecule has 0 saturated carbocycles. The van der Waals surface area contributed by atoms with Crippen molar-refractivity contribution >= 4 is 0 Å². The molecule has 2 unspecified atom stereocenters. The minimum atomic E-state index is -1.12. The van der Waals surface area contributed by atoms with Crippen molar-refractivity contribution in [3.05, 3.63) is 11.6 Å². The maximum atomic E-state index is 9.49. The number of ether oxygens (including phenoxy) is 1. The van der Waals surface area contributed by atoms with Gasteiger partial charge in [0.2, 0.25) is 0 Å². The van der Waals surface area contributed by atoms with E-state index in [1.54, 1.807) is 0 Å². The second kappa shape index (κ2) is 18.4. The first-order valence-corrected chi connectivity index (χ1v) is 12.0. The van der Waals surface area contributed by atoms with E-state index in [1.807, 2.05) is 0 Å². The van der Waals surface area contributed by atoms with Crippen molar-refractivity contribution in [2.24, 2.45) is 17.8 Å². The molecule has 0 bridgehead atoms. The van der Waals surface area contributed by atoms with E-state index in [1.165, 1.54) is 56.9 Å². The van der Waals surface area contributed by atoms with E-state index >= 15 is 0 Å². The molecule has 4 atom stereocenters. The number of hydrogen-bond acceptors (Lipinski definition) is 4. The normalized spacial score (nSPS) is 16.8. The van der Waals surface area contributed by atoms with Crippen LogP contribution in [0.25, 0.3) is 0 Å². The topological polar surface area (TPSA) is 69.9 Å². The van der Waals surface area contributed by atoms with Gasteiger partial charge in [-0.25, -0.2) is 0 Å². The van der Waals surface area contributed by atoms with Gasteiger partial charge >= 0.3 is 0 Å². The van der Waals surface area contributed by atoms with Crippen molar-refractivity contribution in [3.8, 4) is 0 Å². The first-order chi connectivity index (χ1) is 13.8. The zero-order valence-corrected chi connectivity index (χ0v) is 19.9. The molecule has 0 aliphatic rings. The van der Waals surface area contributed by atoms with Gasteiger partial charge in [-0.05, 0) is 43.9 Å². The minimum Gasteiger partial charge on any atom is -0.394 e. The minimum absolute atomic E-state index is 0.0580. The monoisotopic (exact) mass is 414 g/mol. The van der Waals surface area contributed by atoms with Crippen LogP contribution in [-0.2, 0) is 4.74 Å². The molecule has 4 heteroatoms. The van der Waals surface area contributed by atoms with E-state index in [0.717, 1.165) is 30.6 Å². The Labute approximate surface area is 180 Å². The molecule has 0 rings (SSSR count). The zero-order valence-electron chi connectivity index (χ0n) is 19.9. The Kier molecular flexibility index (Phi) is 18.1. The molecule has 0 aromatic heterocycles. The molecule has 0 spiro atoms. The summed E-state index contributed by atoms with van der Waals surface area (Å²) in [4.78, 5) is 0. The van der Waals surface area contributed by atoms with Gasteiger partial charge in [0, 0.05) is 0 Å². The molecule has 0 aliphatic carbocycles. The highest BCUT2D eigenvalue weighted by Gasteiger charge is 2.14. The molecule has 0 amide bonds. The third-order valence-corrected chi connectivity index (χ3v) is 5.82. The summed E-state index contributed by atoms with van der Waals surface area (Å²) >= 11 is 0. The summed E-state index contributed by atoms with van der Waals surface area (Å²) < 4.78 is 5.35. The highest BCUT2D eigenvalue weighted by atomic mass is 16.5. The van der Waals surface area contributed by atoms with Crippen molar-refractivity contribution in [3.63, 3.8) is 0 Å². The molecule has 174 valence electrons. The predicted octanol–water partition coefficient (Wildman–Crippen LogP) is 5.49. The molecule has 0 aromatic rings. The summed E-state index contributed by atoms with van der Waals surface area (Å²) in [6.07, 6.45) is 12.8. The van der Waals surface area contributed by atoms with Gasteiger partial charge in [0.1, 0.15) is 12.2 Å². The van der Waals surface area contributed by atoms with Gasteiger partial charge in [0.05, 0.1) is 19.8 Å². The van der Waals surface area contributed by atoms with Gasteiger partial charge in [0.15, 0.2) is 0 Å². The maximum Gasteiger partial charge on any atom is 0.105 e. The molecule has 0 saturated heterocycles.